The average Bonchev–Trinajstić information content (AvgIpc) is 2.31. The fraction of sp³-hybridized carbons (Fsp3) is 0.333. The lowest BCUT2D eigenvalue weighted by molar-refractivity contribution is -0.139. The number of carboxylic acids is 1. The molecule has 1 atom stereocenters. The molecule has 1 rings (SSSR count). The number of aliphatic hydroxyl groups is 1. The zero-order chi connectivity index (χ0) is 13.5. The van der Waals surface area contributed by atoms with Crippen molar-refractivity contribution >= 4 is 17.7 Å². The van der Waals surface area contributed by atoms with E-state index >= 15 is 0 Å². The van der Waals surface area contributed by atoms with Crippen LogP contribution < -0.4 is 10.6 Å². The molecule has 1 aromatic rings. The number of rotatable bonds is 5. The summed E-state index contributed by atoms with van der Waals surface area (Å²) in [4.78, 5) is 22.4. The number of hydrogen-bond donors (Lipinski definition) is 4. The Morgan fingerprint density at radius 1 is 1.33 bits per heavy atom. The number of para-hydroxylation sites is 1. The van der Waals surface area contributed by atoms with Gasteiger partial charge in [-0.25, -0.2) is 9.59 Å². The third-order valence-corrected chi connectivity index (χ3v) is 2.41. The first kappa shape index (κ1) is 14.0. The van der Waals surface area contributed by atoms with Crippen molar-refractivity contribution in [3.63, 3.8) is 0 Å². The minimum absolute atomic E-state index is 0.0312. The summed E-state index contributed by atoms with van der Waals surface area (Å²) in [5.41, 5.74) is 1.49. The van der Waals surface area contributed by atoms with E-state index in [0.717, 1.165) is 5.56 Å². The van der Waals surface area contributed by atoms with Crippen LogP contribution in [0.5, 0.6) is 0 Å². The Morgan fingerprint density at radius 3 is 2.56 bits per heavy atom. The molecule has 0 saturated heterocycles. The van der Waals surface area contributed by atoms with Crippen LogP contribution in [-0.4, -0.2) is 34.9 Å². The predicted molar refractivity (Wildman–Crippen MR) is 66.5 cm³/mol. The number of nitrogens with one attached hydrogen (secondary N) is 2. The van der Waals surface area contributed by atoms with Crippen LogP contribution >= 0.6 is 0 Å². The van der Waals surface area contributed by atoms with Gasteiger partial charge in [0, 0.05) is 18.7 Å². The number of aliphatic carboxylic acids is 1. The predicted octanol–water partition coefficient (Wildman–Crippen LogP) is 0.952. The first-order valence-corrected chi connectivity index (χ1v) is 5.51. The molecule has 0 saturated carbocycles. The van der Waals surface area contributed by atoms with Gasteiger partial charge in [-0.05, 0) is 18.6 Å². The highest BCUT2D eigenvalue weighted by Crippen LogP contribution is 2.12. The molecule has 0 aromatic heterocycles. The number of hydrogen-bond acceptors (Lipinski definition) is 3. The number of carbonyl (C=O) groups is 2. The monoisotopic (exact) mass is 252 g/mol. The molecule has 0 aliphatic heterocycles. The summed E-state index contributed by atoms with van der Waals surface area (Å²) >= 11 is 0. The molecule has 18 heavy (non-hydrogen) atoms. The van der Waals surface area contributed by atoms with E-state index in [-0.39, 0.29) is 13.0 Å². The van der Waals surface area contributed by atoms with E-state index in [1.54, 1.807) is 12.1 Å². The topological polar surface area (TPSA) is 98.7 Å². The van der Waals surface area contributed by atoms with Crippen molar-refractivity contribution in [1.29, 1.82) is 0 Å². The van der Waals surface area contributed by atoms with Gasteiger partial charge in [-0.1, -0.05) is 18.2 Å². The molecule has 0 radical (unpaired) electrons. The Hall–Kier alpha value is -2.08. The molecule has 4 N–H and O–H groups in total. The van der Waals surface area contributed by atoms with Crippen molar-refractivity contribution in [1.82, 2.24) is 5.32 Å². The van der Waals surface area contributed by atoms with E-state index in [4.69, 9.17) is 10.2 Å². The molecule has 0 aliphatic carbocycles. The van der Waals surface area contributed by atoms with E-state index in [1.165, 1.54) is 0 Å². The van der Waals surface area contributed by atoms with Crippen LogP contribution in [0.3, 0.4) is 0 Å². The lowest BCUT2D eigenvalue weighted by Gasteiger charge is -2.14. The van der Waals surface area contributed by atoms with Crippen LogP contribution in [0.1, 0.15) is 12.0 Å². The van der Waals surface area contributed by atoms with E-state index in [9.17, 15) is 9.59 Å². The Morgan fingerprint density at radius 2 is 2.00 bits per heavy atom. The summed E-state index contributed by atoms with van der Waals surface area (Å²) < 4.78 is 0. The van der Waals surface area contributed by atoms with Crippen LogP contribution in [0.2, 0.25) is 0 Å². The maximum absolute atomic E-state index is 11.6. The number of carboxylic acid groups (broad SMARTS) is 1. The maximum atomic E-state index is 11.6. The first-order chi connectivity index (χ1) is 8.54. The van der Waals surface area contributed by atoms with Crippen LogP contribution in [0.4, 0.5) is 10.5 Å². The number of benzene rings is 1. The van der Waals surface area contributed by atoms with E-state index in [0.29, 0.717) is 5.69 Å². The van der Waals surface area contributed by atoms with Crippen molar-refractivity contribution in [3.05, 3.63) is 29.8 Å². The summed E-state index contributed by atoms with van der Waals surface area (Å²) in [7, 11) is 0. The van der Waals surface area contributed by atoms with E-state index in [2.05, 4.69) is 10.6 Å². The highest BCUT2D eigenvalue weighted by molar-refractivity contribution is 5.92. The van der Waals surface area contributed by atoms with E-state index in [1.807, 2.05) is 19.1 Å². The van der Waals surface area contributed by atoms with Gasteiger partial charge < -0.3 is 20.8 Å². The van der Waals surface area contributed by atoms with E-state index < -0.39 is 18.0 Å². The van der Waals surface area contributed by atoms with Gasteiger partial charge in [0.1, 0.15) is 6.04 Å². The van der Waals surface area contributed by atoms with Crippen LogP contribution in [0.15, 0.2) is 24.3 Å². The Kier molecular flexibility index (Phi) is 5.13. The average molecular weight is 252 g/mol. The first-order valence-electron chi connectivity index (χ1n) is 5.51. The van der Waals surface area contributed by atoms with Crippen molar-refractivity contribution < 1.29 is 19.8 Å². The summed E-state index contributed by atoms with van der Waals surface area (Å²) in [5.74, 6) is -1.18. The van der Waals surface area contributed by atoms with Gasteiger partial charge in [0.05, 0.1) is 0 Å². The molecule has 1 aromatic carbocycles. The highest BCUT2D eigenvalue weighted by Gasteiger charge is 2.19. The molecular weight excluding hydrogens is 236 g/mol. The van der Waals surface area contributed by atoms with Gasteiger partial charge in [0.25, 0.3) is 0 Å². The normalized spacial score (nSPS) is 11.7. The number of aryl methyl sites for hydroxylation is 1. The molecule has 0 bridgehead atoms. The molecule has 98 valence electrons. The number of aliphatic hydroxyl groups excluding tert-OH is 1. The Labute approximate surface area is 105 Å². The molecule has 6 heteroatoms. The minimum Gasteiger partial charge on any atom is -0.480 e. The van der Waals surface area contributed by atoms with Crippen molar-refractivity contribution in [2.75, 3.05) is 11.9 Å². The van der Waals surface area contributed by atoms with Gasteiger partial charge in [-0.3, -0.25) is 0 Å². The van der Waals surface area contributed by atoms with Crippen LogP contribution in [0.25, 0.3) is 0 Å². The maximum Gasteiger partial charge on any atom is 0.326 e. The summed E-state index contributed by atoms with van der Waals surface area (Å²) in [6.07, 6.45) is -0.0312. The fourth-order valence-corrected chi connectivity index (χ4v) is 1.42. The third-order valence-electron chi connectivity index (χ3n) is 2.41. The number of amides is 2. The molecule has 0 unspecified atom stereocenters. The Bertz CT molecular complexity index is 434. The molecule has 0 heterocycles. The lowest BCUT2D eigenvalue weighted by Crippen LogP contribution is -2.43. The Balaban J connectivity index is 2.61. The van der Waals surface area contributed by atoms with Crippen LogP contribution in [0, 0.1) is 6.92 Å². The zero-order valence-corrected chi connectivity index (χ0v) is 10.0. The van der Waals surface area contributed by atoms with Gasteiger partial charge in [-0.15, -0.1) is 0 Å². The van der Waals surface area contributed by atoms with Gasteiger partial charge >= 0.3 is 12.0 Å². The summed E-state index contributed by atoms with van der Waals surface area (Å²) in [6, 6.07) is 5.45. The SMILES string of the molecule is Cc1ccccc1NC(=O)N[C@@H](CCO)C(=O)O. The second-order valence-electron chi connectivity index (χ2n) is 3.82. The quantitative estimate of drug-likeness (QED) is 0.627. The van der Waals surface area contributed by atoms with Gasteiger partial charge in [-0.2, -0.15) is 0 Å². The van der Waals surface area contributed by atoms with Crippen molar-refractivity contribution in [3.8, 4) is 0 Å². The third kappa shape index (κ3) is 4.06. The highest BCUT2D eigenvalue weighted by atomic mass is 16.4. The van der Waals surface area contributed by atoms with Crippen molar-refractivity contribution in [2.24, 2.45) is 0 Å². The molecule has 0 spiro atoms. The summed E-state index contributed by atoms with van der Waals surface area (Å²) in [5, 5.41) is 22.4. The summed E-state index contributed by atoms with van der Waals surface area (Å²) in [6.45, 7) is 1.53. The van der Waals surface area contributed by atoms with Gasteiger partial charge in [0.2, 0.25) is 0 Å². The molecular formula is C12H16N2O4. The fourth-order valence-electron chi connectivity index (χ4n) is 1.42. The number of urea groups is 1. The second kappa shape index (κ2) is 6.61. The van der Waals surface area contributed by atoms with Crippen LogP contribution in [-0.2, 0) is 4.79 Å². The lowest BCUT2D eigenvalue weighted by atomic mass is 10.2. The van der Waals surface area contributed by atoms with Gasteiger partial charge in [0.15, 0.2) is 0 Å². The van der Waals surface area contributed by atoms with Crippen molar-refractivity contribution in [2.45, 2.75) is 19.4 Å². The standard InChI is InChI=1S/C12H16N2O4/c1-8-4-2-3-5-9(8)13-12(18)14-10(6-7-15)11(16)17/h2-5,10,15H,6-7H2,1H3,(H,16,17)(H2,13,14,18)/t10-/m0/s1. The largest absolute Gasteiger partial charge is 0.480 e. The molecule has 2 amide bonds. The smallest absolute Gasteiger partial charge is 0.326 e. The molecule has 0 fully saturated rings. The molecule has 6 nitrogen and oxygen atoms in total. The number of carbonyl (C=O) groups excluding carboxylic acids is 1. The molecule has 0 aliphatic rings. The number of anilines is 1. The minimum atomic E-state index is -1.18. The second-order valence-corrected chi connectivity index (χ2v) is 3.82. The zero-order valence-electron chi connectivity index (χ0n) is 10.0.